The van der Waals surface area contributed by atoms with Gasteiger partial charge in [-0.25, -0.2) is 9.78 Å². The molecule has 0 fully saturated rings. The molecule has 3 rings (SSSR count). The molecule has 0 saturated heterocycles. The van der Waals surface area contributed by atoms with Gasteiger partial charge < -0.3 is 9.64 Å². The van der Waals surface area contributed by atoms with Crippen molar-refractivity contribution in [1.29, 1.82) is 0 Å². The number of nitrogens with zero attached hydrogens (tertiary/aromatic N) is 2. The van der Waals surface area contributed by atoms with Gasteiger partial charge in [0.15, 0.2) is 6.61 Å². The van der Waals surface area contributed by atoms with Gasteiger partial charge in [0.25, 0.3) is 5.91 Å². The number of benzene rings is 2. The van der Waals surface area contributed by atoms with Gasteiger partial charge in [-0.05, 0) is 42.7 Å². The topological polar surface area (TPSA) is 59.5 Å². The molecule has 6 heteroatoms. The molecule has 0 aliphatic heterocycles. The van der Waals surface area contributed by atoms with Crippen LogP contribution < -0.4 is 0 Å². The molecule has 0 aliphatic rings. The number of para-hydroxylation sites is 1. The van der Waals surface area contributed by atoms with Gasteiger partial charge in [0.05, 0.1) is 21.8 Å². The number of likely N-dealkylation sites (N-methyl/N-ethyl adjacent to an activating group) is 1. The maximum atomic E-state index is 12.5. The van der Waals surface area contributed by atoms with Crippen molar-refractivity contribution in [2.24, 2.45) is 0 Å². The first-order chi connectivity index (χ1) is 13.4. The minimum Gasteiger partial charge on any atom is -0.452 e. The van der Waals surface area contributed by atoms with Crippen molar-refractivity contribution in [3.8, 4) is 0 Å². The molecule has 0 radical (unpaired) electrons. The number of carbonyl (C=O) groups is 2. The van der Waals surface area contributed by atoms with Gasteiger partial charge in [-0.15, -0.1) is 11.3 Å². The first-order valence-electron chi connectivity index (χ1n) is 9.25. The Labute approximate surface area is 169 Å². The van der Waals surface area contributed by atoms with Crippen molar-refractivity contribution in [3.63, 3.8) is 0 Å². The monoisotopic (exact) mass is 396 g/mol. The second kappa shape index (κ2) is 8.52. The van der Waals surface area contributed by atoms with E-state index in [2.05, 4.69) is 18.8 Å². The van der Waals surface area contributed by atoms with E-state index in [9.17, 15) is 9.59 Å². The van der Waals surface area contributed by atoms with Crippen LogP contribution in [-0.2, 0) is 9.53 Å². The molecule has 0 spiro atoms. The zero-order valence-electron chi connectivity index (χ0n) is 16.5. The number of amides is 1. The first kappa shape index (κ1) is 20.0. The van der Waals surface area contributed by atoms with Crippen LogP contribution in [0.3, 0.4) is 0 Å². The lowest BCUT2D eigenvalue weighted by Crippen LogP contribution is -2.33. The average Bonchev–Trinajstić information content (AvgIpc) is 3.14. The van der Waals surface area contributed by atoms with Gasteiger partial charge in [-0.1, -0.05) is 38.1 Å². The zero-order valence-corrected chi connectivity index (χ0v) is 17.3. The largest absolute Gasteiger partial charge is 0.452 e. The van der Waals surface area contributed by atoms with Crippen molar-refractivity contribution in [2.75, 3.05) is 13.7 Å². The van der Waals surface area contributed by atoms with Crippen molar-refractivity contribution in [3.05, 3.63) is 64.7 Å². The molecule has 1 amide bonds. The predicted octanol–water partition coefficient (Wildman–Crippen LogP) is 4.80. The molecule has 1 aromatic heterocycles. The molecule has 2 aromatic carbocycles. The van der Waals surface area contributed by atoms with E-state index in [1.54, 1.807) is 35.4 Å². The molecule has 3 aromatic rings. The second-order valence-corrected chi connectivity index (χ2v) is 8.12. The van der Waals surface area contributed by atoms with Crippen molar-refractivity contribution < 1.29 is 14.3 Å². The molecule has 0 unspecified atom stereocenters. The highest BCUT2D eigenvalue weighted by Crippen LogP contribution is 2.28. The van der Waals surface area contributed by atoms with E-state index >= 15 is 0 Å². The third-order valence-electron chi connectivity index (χ3n) is 4.78. The van der Waals surface area contributed by atoms with E-state index in [1.165, 1.54) is 0 Å². The van der Waals surface area contributed by atoms with Crippen LogP contribution in [0.4, 0.5) is 0 Å². The van der Waals surface area contributed by atoms with E-state index in [0.717, 1.165) is 20.8 Å². The molecule has 0 aliphatic carbocycles. The van der Waals surface area contributed by atoms with Gasteiger partial charge in [-0.2, -0.15) is 0 Å². The van der Waals surface area contributed by atoms with Crippen LogP contribution >= 0.6 is 11.3 Å². The third-order valence-corrected chi connectivity index (χ3v) is 5.99. The molecule has 1 atom stereocenters. The molecule has 0 saturated carbocycles. The summed E-state index contributed by atoms with van der Waals surface area (Å²) in [6.07, 6.45) is 0. The minimum absolute atomic E-state index is 0.200. The maximum Gasteiger partial charge on any atom is 0.338 e. The Kier molecular flexibility index (Phi) is 6.09. The SMILES string of the molecule is CC(C)c1ccc(C(=O)OCC(=O)N(C)[C@@H](C)c2nc3ccccc3s2)cc1. The van der Waals surface area contributed by atoms with Gasteiger partial charge in [-0.3, -0.25) is 4.79 Å². The Morgan fingerprint density at radius 3 is 2.39 bits per heavy atom. The normalized spacial score (nSPS) is 12.2. The number of thiazole rings is 1. The van der Waals surface area contributed by atoms with Crippen LogP contribution in [0, 0.1) is 0 Å². The van der Waals surface area contributed by atoms with Crippen molar-refractivity contribution in [2.45, 2.75) is 32.7 Å². The van der Waals surface area contributed by atoms with E-state index in [0.29, 0.717) is 11.5 Å². The molecule has 146 valence electrons. The maximum absolute atomic E-state index is 12.5. The Bertz CT molecular complexity index is 946. The summed E-state index contributed by atoms with van der Waals surface area (Å²) in [6.45, 7) is 5.81. The second-order valence-electron chi connectivity index (χ2n) is 7.05. The number of hydrogen-bond acceptors (Lipinski definition) is 5. The predicted molar refractivity (Wildman–Crippen MR) is 112 cm³/mol. The minimum atomic E-state index is -0.496. The fourth-order valence-corrected chi connectivity index (χ4v) is 3.83. The summed E-state index contributed by atoms with van der Waals surface area (Å²) in [5.74, 6) is -0.368. The van der Waals surface area contributed by atoms with E-state index in [1.807, 2.05) is 43.3 Å². The Hall–Kier alpha value is -2.73. The highest BCUT2D eigenvalue weighted by atomic mass is 32.1. The zero-order chi connectivity index (χ0) is 20.3. The molecular weight excluding hydrogens is 372 g/mol. The van der Waals surface area contributed by atoms with Crippen molar-refractivity contribution in [1.82, 2.24) is 9.88 Å². The van der Waals surface area contributed by atoms with Crippen molar-refractivity contribution >= 4 is 33.4 Å². The number of rotatable bonds is 6. The third kappa shape index (κ3) is 4.39. The van der Waals surface area contributed by atoms with E-state index in [-0.39, 0.29) is 18.6 Å². The summed E-state index contributed by atoms with van der Waals surface area (Å²) in [5, 5.41) is 0.854. The van der Waals surface area contributed by atoms with Gasteiger partial charge in [0.1, 0.15) is 5.01 Å². The van der Waals surface area contributed by atoms with Crippen LogP contribution in [0.15, 0.2) is 48.5 Å². The summed E-state index contributed by atoms with van der Waals surface area (Å²) < 4.78 is 6.29. The van der Waals surface area contributed by atoms with E-state index in [4.69, 9.17) is 4.74 Å². The van der Waals surface area contributed by atoms with Gasteiger partial charge >= 0.3 is 5.97 Å². The average molecular weight is 397 g/mol. The molecule has 0 N–H and O–H groups in total. The fourth-order valence-electron chi connectivity index (χ4n) is 2.77. The number of aromatic nitrogens is 1. The first-order valence-corrected chi connectivity index (χ1v) is 10.1. The summed E-state index contributed by atoms with van der Waals surface area (Å²) in [6, 6.07) is 15.0. The molecule has 5 nitrogen and oxygen atoms in total. The fraction of sp³-hybridized carbons (Fsp3) is 0.318. The lowest BCUT2D eigenvalue weighted by atomic mass is 10.0. The molecule has 0 bridgehead atoms. The number of esters is 1. The van der Waals surface area contributed by atoms with Crippen LogP contribution in [0.25, 0.3) is 10.2 Å². The number of fused-ring (bicyclic) bond motifs is 1. The lowest BCUT2D eigenvalue weighted by Gasteiger charge is -2.23. The smallest absolute Gasteiger partial charge is 0.338 e. The Morgan fingerprint density at radius 2 is 1.75 bits per heavy atom. The Balaban J connectivity index is 1.59. The van der Waals surface area contributed by atoms with Crippen LogP contribution in [-0.4, -0.2) is 35.4 Å². The van der Waals surface area contributed by atoms with Crippen LogP contribution in [0.5, 0.6) is 0 Å². The van der Waals surface area contributed by atoms with Gasteiger partial charge in [0.2, 0.25) is 0 Å². The highest BCUT2D eigenvalue weighted by molar-refractivity contribution is 7.18. The van der Waals surface area contributed by atoms with E-state index < -0.39 is 5.97 Å². The van der Waals surface area contributed by atoms with Crippen LogP contribution in [0.2, 0.25) is 0 Å². The number of carbonyl (C=O) groups excluding carboxylic acids is 2. The summed E-state index contributed by atoms with van der Waals surface area (Å²) in [4.78, 5) is 30.8. The standard InChI is InChI=1S/C22H24N2O3S/c1-14(2)16-9-11-17(12-10-16)22(26)27-13-20(25)24(4)15(3)21-23-18-7-5-6-8-19(18)28-21/h5-12,14-15H,13H2,1-4H3/t15-/m0/s1. The Morgan fingerprint density at radius 1 is 1.07 bits per heavy atom. The highest BCUT2D eigenvalue weighted by Gasteiger charge is 2.22. The summed E-state index contributed by atoms with van der Waals surface area (Å²) in [7, 11) is 1.70. The molecular formula is C22H24N2O3S. The number of ether oxygens (including phenoxy) is 1. The van der Waals surface area contributed by atoms with Gasteiger partial charge in [0, 0.05) is 7.05 Å². The molecule has 28 heavy (non-hydrogen) atoms. The number of hydrogen-bond donors (Lipinski definition) is 0. The van der Waals surface area contributed by atoms with Crippen LogP contribution in [0.1, 0.15) is 53.7 Å². The summed E-state index contributed by atoms with van der Waals surface area (Å²) >= 11 is 1.56. The summed E-state index contributed by atoms with van der Waals surface area (Å²) in [5.41, 5.74) is 2.52. The lowest BCUT2D eigenvalue weighted by molar-refractivity contribution is -0.135. The molecule has 1 heterocycles. The quantitative estimate of drug-likeness (QED) is 0.562.